The van der Waals surface area contributed by atoms with Crippen LogP contribution in [0.4, 0.5) is 11.4 Å². The fourth-order valence-corrected chi connectivity index (χ4v) is 1.76. The highest BCUT2D eigenvalue weighted by Gasteiger charge is 2.04. The van der Waals surface area contributed by atoms with Gasteiger partial charge in [0.15, 0.2) is 0 Å². The number of rotatable bonds is 5. The largest absolute Gasteiger partial charge is 0.493 e. The van der Waals surface area contributed by atoms with Gasteiger partial charge in [-0.15, -0.1) is 0 Å². The van der Waals surface area contributed by atoms with Gasteiger partial charge in [0.2, 0.25) is 5.91 Å². The van der Waals surface area contributed by atoms with Gasteiger partial charge >= 0.3 is 0 Å². The third-order valence-corrected chi connectivity index (χ3v) is 2.89. The van der Waals surface area contributed by atoms with Gasteiger partial charge in [-0.05, 0) is 42.8 Å². The number of hydrogen-bond donors (Lipinski definition) is 2. The first-order valence-electron chi connectivity index (χ1n) is 6.49. The quantitative estimate of drug-likeness (QED) is 0.821. The highest BCUT2D eigenvalue weighted by Crippen LogP contribution is 2.16. The maximum Gasteiger partial charge on any atom is 0.227 e. The molecular formula is C16H18N2O2. The van der Waals surface area contributed by atoms with E-state index in [1.165, 1.54) is 0 Å². The monoisotopic (exact) mass is 270 g/mol. The Balaban J connectivity index is 1.79. The van der Waals surface area contributed by atoms with E-state index in [-0.39, 0.29) is 5.91 Å². The summed E-state index contributed by atoms with van der Waals surface area (Å²) in [6.07, 6.45) is 0.304. The summed E-state index contributed by atoms with van der Waals surface area (Å²) in [5.41, 5.74) is 8.15. The standard InChI is InChI=1S/C16H18N2O2/c1-12-11-13(7-8-15(12)17)18-16(19)9-10-20-14-5-3-2-4-6-14/h2-8,11H,9-10,17H2,1H3,(H,18,19). The van der Waals surface area contributed by atoms with Crippen molar-refractivity contribution in [2.75, 3.05) is 17.7 Å². The van der Waals surface area contributed by atoms with Crippen molar-refractivity contribution < 1.29 is 9.53 Å². The number of anilines is 2. The first-order chi connectivity index (χ1) is 9.65. The van der Waals surface area contributed by atoms with Crippen LogP contribution >= 0.6 is 0 Å². The summed E-state index contributed by atoms with van der Waals surface area (Å²) in [6.45, 7) is 2.26. The van der Waals surface area contributed by atoms with E-state index >= 15 is 0 Å². The van der Waals surface area contributed by atoms with Crippen LogP contribution in [0.1, 0.15) is 12.0 Å². The number of benzene rings is 2. The number of amides is 1. The van der Waals surface area contributed by atoms with Crippen LogP contribution in [0, 0.1) is 6.92 Å². The Bertz CT molecular complexity index is 582. The fourth-order valence-electron chi connectivity index (χ4n) is 1.76. The molecular weight excluding hydrogens is 252 g/mol. The molecule has 20 heavy (non-hydrogen) atoms. The smallest absolute Gasteiger partial charge is 0.227 e. The van der Waals surface area contributed by atoms with Crippen LogP contribution in [0.2, 0.25) is 0 Å². The number of hydrogen-bond acceptors (Lipinski definition) is 3. The van der Waals surface area contributed by atoms with Gasteiger partial charge < -0.3 is 15.8 Å². The maximum absolute atomic E-state index is 11.8. The second kappa shape index (κ2) is 6.61. The molecule has 0 radical (unpaired) electrons. The Morgan fingerprint density at radius 1 is 1.20 bits per heavy atom. The van der Waals surface area contributed by atoms with Gasteiger partial charge in [0, 0.05) is 11.4 Å². The first kappa shape index (κ1) is 13.9. The van der Waals surface area contributed by atoms with Crippen molar-refractivity contribution in [1.29, 1.82) is 0 Å². The van der Waals surface area contributed by atoms with Crippen molar-refractivity contribution in [3.8, 4) is 5.75 Å². The van der Waals surface area contributed by atoms with Crippen LogP contribution in [0.15, 0.2) is 48.5 Å². The van der Waals surface area contributed by atoms with E-state index in [9.17, 15) is 4.79 Å². The Kier molecular flexibility index (Phi) is 4.60. The molecule has 0 aromatic heterocycles. The number of carbonyl (C=O) groups excluding carboxylic acids is 1. The Morgan fingerprint density at radius 2 is 1.95 bits per heavy atom. The minimum atomic E-state index is -0.0786. The van der Waals surface area contributed by atoms with Crippen molar-refractivity contribution in [1.82, 2.24) is 0 Å². The fraction of sp³-hybridized carbons (Fsp3) is 0.188. The van der Waals surface area contributed by atoms with Crippen molar-refractivity contribution in [2.45, 2.75) is 13.3 Å². The predicted molar refractivity (Wildman–Crippen MR) is 80.8 cm³/mol. The van der Waals surface area contributed by atoms with E-state index in [1.807, 2.05) is 43.3 Å². The van der Waals surface area contributed by atoms with Crippen molar-refractivity contribution >= 4 is 17.3 Å². The SMILES string of the molecule is Cc1cc(NC(=O)CCOc2ccccc2)ccc1N. The molecule has 0 unspecified atom stereocenters. The highest BCUT2D eigenvalue weighted by atomic mass is 16.5. The zero-order chi connectivity index (χ0) is 14.4. The van der Waals surface area contributed by atoms with Gasteiger partial charge in [0.25, 0.3) is 0 Å². The molecule has 2 aromatic rings. The molecule has 0 saturated heterocycles. The molecule has 0 heterocycles. The molecule has 2 aromatic carbocycles. The third-order valence-electron chi connectivity index (χ3n) is 2.89. The van der Waals surface area contributed by atoms with E-state index < -0.39 is 0 Å². The number of nitrogens with two attached hydrogens (primary N) is 1. The number of para-hydroxylation sites is 1. The maximum atomic E-state index is 11.8. The Labute approximate surface area is 118 Å². The lowest BCUT2D eigenvalue weighted by Crippen LogP contribution is -2.15. The van der Waals surface area contributed by atoms with Gasteiger partial charge in [-0.2, -0.15) is 0 Å². The normalized spacial score (nSPS) is 10.1. The van der Waals surface area contributed by atoms with Gasteiger partial charge in [0.05, 0.1) is 13.0 Å². The van der Waals surface area contributed by atoms with Crippen LogP contribution < -0.4 is 15.8 Å². The topological polar surface area (TPSA) is 64.3 Å². The molecule has 0 aliphatic heterocycles. The lowest BCUT2D eigenvalue weighted by Gasteiger charge is -2.08. The molecule has 1 amide bonds. The molecule has 2 rings (SSSR count). The van der Waals surface area contributed by atoms with E-state index in [0.29, 0.717) is 13.0 Å². The molecule has 4 nitrogen and oxygen atoms in total. The Hall–Kier alpha value is -2.49. The summed E-state index contributed by atoms with van der Waals surface area (Å²) >= 11 is 0. The minimum Gasteiger partial charge on any atom is -0.493 e. The molecule has 3 N–H and O–H groups in total. The van der Waals surface area contributed by atoms with Crippen LogP contribution in [0.3, 0.4) is 0 Å². The average molecular weight is 270 g/mol. The van der Waals surface area contributed by atoms with Crippen molar-refractivity contribution in [3.63, 3.8) is 0 Å². The number of nitrogen functional groups attached to an aromatic ring is 1. The number of ether oxygens (including phenoxy) is 1. The third kappa shape index (κ3) is 4.02. The van der Waals surface area contributed by atoms with E-state index in [0.717, 1.165) is 22.7 Å². The summed E-state index contributed by atoms with van der Waals surface area (Å²) in [4.78, 5) is 11.8. The van der Waals surface area contributed by atoms with E-state index in [4.69, 9.17) is 10.5 Å². The van der Waals surface area contributed by atoms with Crippen LogP contribution in [-0.4, -0.2) is 12.5 Å². The first-order valence-corrected chi connectivity index (χ1v) is 6.49. The molecule has 0 aliphatic rings. The molecule has 0 aliphatic carbocycles. The number of carbonyl (C=O) groups is 1. The molecule has 0 spiro atoms. The summed E-state index contributed by atoms with van der Waals surface area (Å²) in [5.74, 6) is 0.689. The summed E-state index contributed by atoms with van der Waals surface area (Å²) < 4.78 is 5.48. The number of nitrogens with one attached hydrogen (secondary N) is 1. The van der Waals surface area contributed by atoms with Gasteiger partial charge in [0.1, 0.15) is 5.75 Å². The van der Waals surface area contributed by atoms with E-state index in [1.54, 1.807) is 12.1 Å². The zero-order valence-corrected chi connectivity index (χ0v) is 11.4. The van der Waals surface area contributed by atoms with Gasteiger partial charge in [-0.25, -0.2) is 0 Å². The van der Waals surface area contributed by atoms with E-state index in [2.05, 4.69) is 5.32 Å². The molecule has 0 saturated carbocycles. The number of aryl methyl sites for hydroxylation is 1. The lowest BCUT2D eigenvalue weighted by molar-refractivity contribution is -0.116. The molecule has 0 atom stereocenters. The Morgan fingerprint density at radius 3 is 2.65 bits per heavy atom. The van der Waals surface area contributed by atoms with Crippen LogP contribution in [0.25, 0.3) is 0 Å². The summed E-state index contributed by atoms with van der Waals surface area (Å²) in [7, 11) is 0. The minimum absolute atomic E-state index is 0.0786. The predicted octanol–water partition coefficient (Wildman–Crippen LogP) is 2.98. The molecule has 104 valence electrons. The van der Waals surface area contributed by atoms with Gasteiger partial charge in [-0.3, -0.25) is 4.79 Å². The lowest BCUT2D eigenvalue weighted by atomic mass is 10.2. The average Bonchev–Trinajstić information content (AvgIpc) is 2.44. The second-order valence-electron chi connectivity index (χ2n) is 4.53. The van der Waals surface area contributed by atoms with Crippen molar-refractivity contribution in [3.05, 3.63) is 54.1 Å². The zero-order valence-electron chi connectivity index (χ0n) is 11.4. The second-order valence-corrected chi connectivity index (χ2v) is 4.53. The summed E-state index contributed by atoms with van der Waals surface area (Å²) in [5, 5.41) is 2.82. The highest BCUT2D eigenvalue weighted by molar-refractivity contribution is 5.91. The molecule has 0 fully saturated rings. The molecule has 0 bridgehead atoms. The molecule has 4 heteroatoms. The van der Waals surface area contributed by atoms with Gasteiger partial charge in [-0.1, -0.05) is 18.2 Å². The van der Waals surface area contributed by atoms with Crippen molar-refractivity contribution in [2.24, 2.45) is 0 Å². The van der Waals surface area contributed by atoms with Crippen LogP contribution in [0.5, 0.6) is 5.75 Å². The van der Waals surface area contributed by atoms with Crippen LogP contribution in [-0.2, 0) is 4.79 Å². The summed E-state index contributed by atoms with van der Waals surface area (Å²) in [6, 6.07) is 14.9.